The molecule has 0 aromatic carbocycles. The van der Waals surface area contributed by atoms with E-state index in [1.807, 2.05) is 0 Å². The lowest BCUT2D eigenvalue weighted by atomic mass is 9.77. The summed E-state index contributed by atoms with van der Waals surface area (Å²) in [5.74, 6) is -2.09. The predicted octanol–water partition coefficient (Wildman–Crippen LogP) is 2.38. The van der Waals surface area contributed by atoms with Crippen LogP contribution < -0.4 is 11.5 Å². The zero-order valence-corrected chi connectivity index (χ0v) is 17.3. The summed E-state index contributed by atoms with van der Waals surface area (Å²) in [5.41, 5.74) is 9.84. The lowest BCUT2D eigenvalue weighted by Crippen LogP contribution is -2.61. The summed E-state index contributed by atoms with van der Waals surface area (Å²) in [6.07, 6.45) is 0.408. The summed E-state index contributed by atoms with van der Waals surface area (Å²) >= 11 is 6.13. The molecule has 31 heavy (non-hydrogen) atoms. The first-order chi connectivity index (χ1) is 14.6. The number of carboxylic acid groups (broad SMARTS) is 1. The Kier molecular flexibility index (Phi) is 8.04. The van der Waals surface area contributed by atoms with Crippen molar-refractivity contribution in [2.24, 2.45) is 16.5 Å². The van der Waals surface area contributed by atoms with Crippen LogP contribution in [-0.2, 0) is 16.1 Å². The maximum absolute atomic E-state index is 14.1. The number of aromatic nitrogens is 1. The van der Waals surface area contributed by atoms with Crippen LogP contribution in [0.2, 0.25) is 0 Å². The number of ether oxygens (including phenoxy) is 2. The van der Waals surface area contributed by atoms with Gasteiger partial charge < -0.3 is 26.0 Å². The third-order valence-electron chi connectivity index (χ3n) is 4.59. The highest BCUT2D eigenvalue weighted by Crippen LogP contribution is 2.49. The van der Waals surface area contributed by atoms with E-state index in [-0.39, 0.29) is 30.3 Å². The highest BCUT2D eigenvalue weighted by molar-refractivity contribution is 6.27. The Hall–Kier alpha value is -2.63. The normalized spacial score (nSPS) is 25.7. The number of methoxy groups -OCH3 is 1. The topological polar surface area (TPSA) is 133 Å². The molecule has 0 fully saturated rings. The van der Waals surface area contributed by atoms with Crippen LogP contribution in [0.4, 0.5) is 13.2 Å². The molecule has 1 aromatic heterocycles. The monoisotopic (exact) mass is 462 g/mol. The number of hydrogen-bond acceptors (Lipinski definition) is 7. The molecule has 2 heterocycles. The van der Waals surface area contributed by atoms with Crippen LogP contribution in [0.1, 0.15) is 22.5 Å². The van der Waals surface area contributed by atoms with Gasteiger partial charge in [0.05, 0.1) is 13.2 Å². The smallest absolute Gasteiger partial charge is 0.354 e. The molecule has 0 radical (unpaired) electrons. The van der Waals surface area contributed by atoms with Crippen LogP contribution in [0.25, 0.3) is 0 Å². The molecule has 1 aliphatic carbocycles. The molecule has 0 amide bonds. The van der Waals surface area contributed by atoms with Gasteiger partial charge in [-0.15, -0.1) is 11.6 Å². The quantitative estimate of drug-likeness (QED) is 0.572. The van der Waals surface area contributed by atoms with Crippen molar-refractivity contribution in [3.05, 3.63) is 53.3 Å². The summed E-state index contributed by atoms with van der Waals surface area (Å²) in [5, 5.41) is 8.51. The van der Waals surface area contributed by atoms with Gasteiger partial charge in [-0.2, -0.15) is 0 Å². The number of nitrogens with two attached hydrogens (primary N) is 2. The predicted molar refractivity (Wildman–Crippen MR) is 108 cm³/mol. The van der Waals surface area contributed by atoms with Crippen molar-refractivity contribution in [3.8, 4) is 0 Å². The average molecular weight is 463 g/mol. The third-order valence-corrected chi connectivity index (χ3v) is 5.23. The van der Waals surface area contributed by atoms with Crippen molar-refractivity contribution in [1.82, 2.24) is 4.98 Å². The number of pyridine rings is 1. The van der Waals surface area contributed by atoms with Crippen molar-refractivity contribution >= 4 is 23.4 Å². The lowest BCUT2D eigenvalue weighted by Gasteiger charge is -2.45. The van der Waals surface area contributed by atoms with Crippen molar-refractivity contribution in [2.75, 3.05) is 20.3 Å². The number of nitrogens with zero attached hydrogens (tertiary/aromatic N) is 2. The first kappa shape index (κ1) is 24.6. The highest BCUT2D eigenvalue weighted by atomic mass is 35.5. The number of halogens is 4. The summed E-state index contributed by atoms with van der Waals surface area (Å²) in [7, 11) is 1.57. The molecule has 8 nitrogen and oxygen atoms in total. The number of carboxylic acids is 1. The van der Waals surface area contributed by atoms with E-state index in [0.29, 0.717) is 6.61 Å². The van der Waals surface area contributed by atoms with E-state index in [1.54, 1.807) is 13.2 Å². The standard InChI is InChI=1S/C11H13ClF3N3O.C8H9NO3/c12-10(3-6(16)1-2-7(10)13)11(9(14)15)5-19-4-8(17)18-11;1-12-5-6-2-3-7(8(10)11)9-4-6/h1-2,9H,3-5,16H2,(H2,17,18);2-4H,5H2,1H3,(H,10,11)/t10?,11-;/m1./s1. The molecule has 12 heteroatoms. The number of allylic oxidation sites excluding steroid dienone is 3. The fourth-order valence-electron chi connectivity index (χ4n) is 3.02. The first-order valence-electron chi connectivity index (χ1n) is 8.94. The van der Waals surface area contributed by atoms with E-state index >= 15 is 0 Å². The van der Waals surface area contributed by atoms with Gasteiger partial charge in [-0.25, -0.2) is 22.9 Å². The molecule has 2 atom stereocenters. The molecular weight excluding hydrogens is 441 g/mol. The number of hydrogen-bond donors (Lipinski definition) is 3. The third kappa shape index (κ3) is 5.35. The summed E-state index contributed by atoms with van der Waals surface area (Å²) < 4.78 is 50.9. The van der Waals surface area contributed by atoms with E-state index in [0.717, 1.165) is 11.6 Å². The maximum Gasteiger partial charge on any atom is 0.354 e. The van der Waals surface area contributed by atoms with Gasteiger partial charge in [0.15, 0.2) is 5.54 Å². The summed E-state index contributed by atoms with van der Waals surface area (Å²) in [6.45, 7) is -0.158. The molecule has 0 saturated carbocycles. The number of carbonyl (C=O) groups is 1. The zero-order valence-electron chi connectivity index (χ0n) is 16.5. The van der Waals surface area contributed by atoms with Crippen LogP contribution in [0.3, 0.4) is 0 Å². The lowest BCUT2D eigenvalue weighted by molar-refractivity contribution is -0.0298. The van der Waals surface area contributed by atoms with Crippen LogP contribution >= 0.6 is 11.6 Å². The minimum atomic E-state index is -3.05. The minimum absolute atomic E-state index is 0.0508. The van der Waals surface area contributed by atoms with Crippen molar-refractivity contribution in [1.29, 1.82) is 0 Å². The van der Waals surface area contributed by atoms with E-state index in [4.69, 9.17) is 37.6 Å². The number of aromatic carboxylic acids is 1. The molecular formula is C19H22ClF3N4O4. The van der Waals surface area contributed by atoms with Crippen molar-refractivity contribution < 1.29 is 32.5 Å². The SMILES string of the molecule is COCc1ccc(C(=O)O)nc1.NC1=CC=C(F)C(Cl)([C@]2(C(F)F)COCC(N)=N2)C1. The van der Waals surface area contributed by atoms with Crippen LogP contribution in [0.15, 0.2) is 47.0 Å². The second-order valence-corrected chi connectivity index (χ2v) is 7.49. The maximum atomic E-state index is 14.1. The Morgan fingerprint density at radius 3 is 2.61 bits per heavy atom. The van der Waals surface area contributed by atoms with Crippen LogP contribution in [-0.4, -0.2) is 59.1 Å². The van der Waals surface area contributed by atoms with E-state index in [2.05, 4.69) is 9.98 Å². The molecule has 170 valence electrons. The van der Waals surface area contributed by atoms with E-state index in [9.17, 15) is 18.0 Å². The molecule has 0 bridgehead atoms. The summed E-state index contributed by atoms with van der Waals surface area (Å²) in [6, 6.07) is 3.14. The van der Waals surface area contributed by atoms with Gasteiger partial charge in [-0.1, -0.05) is 6.07 Å². The fraction of sp³-hybridized carbons (Fsp3) is 0.421. The molecule has 3 rings (SSSR count). The summed E-state index contributed by atoms with van der Waals surface area (Å²) in [4.78, 5) is 15.7. The number of alkyl halides is 3. The van der Waals surface area contributed by atoms with E-state index in [1.165, 1.54) is 18.3 Å². The van der Waals surface area contributed by atoms with Gasteiger partial charge in [0.25, 0.3) is 6.43 Å². The van der Waals surface area contributed by atoms with Crippen molar-refractivity contribution in [2.45, 2.75) is 29.9 Å². The highest BCUT2D eigenvalue weighted by Gasteiger charge is 2.61. The van der Waals surface area contributed by atoms with Gasteiger partial charge in [0.2, 0.25) is 0 Å². The molecule has 1 unspecified atom stereocenters. The zero-order chi connectivity index (χ0) is 23.2. The van der Waals surface area contributed by atoms with Gasteiger partial charge in [-0.3, -0.25) is 4.99 Å². The fourth-order valence-corrected chi connectivity index (χ4v) is 3.42. The Labute approximate surface area is 181 Å². The van der Waals surface area contributed by atoms with Gasteiger partial charge >= 0.3 is 5.97 Å². The van der Waals surface area contributed by atoms with E-state index < -0.39 is 35.2 Å². The van der Waals surface area contributed by atoms with Crippen LogP contribution in [0, 0.1) is 0 Å². The Morgan fingerprint density at radius 1 is 1.39 bits per heavy atom. The first-order valence-corrected chi connectivity index (χ1v) is 9.32. The minimum Gasteiger partial charge on any atom is -0.477 e. The second-order valence-electron chi connectivity index (χ2n) is 6.84. The van der Waals surface area contributed by atoms with Crippen LogP contribution in [0.5, 0.6) is 0 Å². The average Bonchev–Trinajstić information content (AvgIpc) is 2.72. The van der Waals surface area contributed by atoms with Gasteiger partial charge in [0.1, 0.15) is 28.8 Å². The molecule has 1 aromatic rings. The second kappa shape index (κ2) is 10.1. The molecule has 2 aliphatic rings. The van der Waals surface area contributed by atoms with Crippen molar-refractivity contribution in [3.63, 3.8) is 0 Å². The molecule has 5 N–H and O–H groups in total. The number of rotatable bonds is 5. The van der Waals surface area contributed by atoms with Gasteiger partial charge in [0, 0.05) is 25.4 Å². The Morgan fingerprint density at radius 2 is 2.10 bits per heavy atom. The van der Waals surface area contributed by atoms with Gasteiger partial charge in [-0.05, 0) is 23.8 Å². The molecule has 0 spiro atoms. The molecule has 1 aliphatic heterocycles. The molecule has 0 saturated heterocycles. The number of aliphatic imine (C=N–C) groups is 1. The number of amidine groups is 1. The Balaban J connectivity index is 0.000000245. The largest absolute Gasteiger partial charge is 0.477 e. The Bertz CT molecular complexity index is 895.